The van der Waals surface area contributed by atoms with Crippen molar-refractivity contribution in [2.45, 2.75) is 38.6 Å². The molecule has 1 saturated carbocycles. The number of rotatable bonds is 7. The maximum atomic E-state index is 12.8. The van der Waals surface area contributed by atoms with E-state index in [1.807, 2.05) is 0 Å². The van der Waals surface area contributed by atoms with Crippen molar-refractivity contribution in [1.29, 1.82) is 0 Å². The fourth-order valence-electron chi connectivity index (χ4n) is 4.15. The van der Waals surface area contributed by atoms with Crippen molar-refractivity contribution in [1.82, 2.24) is 19.5 Å². The average Bonchev–Trinajstić information content (AvgIpc) is 3.08. The van der Waals surface area contributed by atoms with Gasteiger partial charge in [0.2, 0.25) is 5.95 Å². The van der Waals surface area contributed by atoms with Gasteiger partial charge in [0.1, 0.15) is 11.3 Å². The number of nitrogens with one attached hydrogen (secondary N) is 2. The van der Waals surface area contributed by atoms with Gasteiger partial charge in [-0.2, -0.15) is 4.98 Å². The average molecular weight is 529 g/mol. The van der Waals surface area contributed by atoms with Gasteiger partial charge >= 0.3 is 12.1 Å². The summed E-state index contributed by atoms with van der Waals surface area (Å²) in [7, 11) is 0. The van der Waals surface area contributed by atoms with E-state index < -0.39 is 12.1 Å². The largest absolute Gasteiger partial charge is 0.573 e. The second kappa shape index (κ2) is 9.72. The van der Waals surface area contributed by atoms with Gasteiger partial charge < -0.3 is 20.8 Å². The predicted octanol–water partition coefficient (Wildman–Crippen LogP) is 4.01. The third kappa shape index (κ3) is 5.85. The van der Waals surface area contributed by atoms with Crippen LogP contribution in [0.3, 0.4) is 0 Å². The van der Waals surface area contributed by atoms with Crippen molar-refractivity contribution in [2.75, 3.05) is 18.4 Å². The lowest BCUT2D eigenvalue weighted by Gasteiger charge is -2.27. The van der Waals surface area contributed by atoms with Gasteiger partial charge in [-0.05, 0) is 62.3 Å². The van der Waals surface area contributed by atoms with Gasteiger partial charge in [0.15, 0.2) is 5.65 Å². The number of benzene rings is 1. The molecule has 12 heteroatoms. The Morgan fingerprint density at radius 1 is 1.24 bits per heavy atom. The summed E-state index contributed by atoms with van der Waals surface area (Å²) in [6.45, 7) is 1.26. The minimum Gasteiger partial charge on any atom is -0.405 e. The zero-order chi connectivity index (χ0) is 23.6. The lowest BCUT2D eigenvalue weighted by Crippen LogP contribution is -2.25. The molecular weight excluding hydrogens is 505 g/mol. The number of hydrogen-bond donors (Lipinski definition) is 3. The molecule has 3 aromatic rings. The normalized spacial score (nSPS) is 19.1. The number of halogens is 4. The molecule has 1 fully saturated rings. The zero-order valence-corrected chi connectivity index (χ0v) is 19.2. The second-order valence-corrected chi connectivity index (χ2v) is 9.17. The Hall–Kier alpha value is -2.60. The van der Waals surface area contributed by atoms with Crippen molar-refractivity contribution in [2.24, 2.45) is 17.6 Å². The van der Waals surface area contributed by atoms with Crippen LogP contribution < -0.4 is 21.5 Å². The number of aromatic nitrogens is 4. The molecule has 2 heterocycles. The molecule has 0 bridgehead atoms. The molecule has 33 heavy (non-hydrogen) atoms. The molecule has 0 aliphatic heterocycles. The summed E-state index contributed by atoms with van der Waals surface area (Å²) in [5, 5.41) is 3.23. The fraction of sp³-hybridized carbons (Fsp3) is 0.476. The molecule has 0 unspecified atom stereocenters. The lowest BCUT2D eigenvalue weighted by atomic mass is 9.82. The first-order valence-corrected chi connectivity index (χ1v) is 11.4. The van der Waals surface area contributed by atoms with E-state index in [0.29, 0.717) is 40.0 Å². The van der Waals surface area contributed by atoms with Crippen molar-refractivity contribution in [3.63, 3.8) is 0 Å². The Labute approximate surface area is 195 Å². The highest BCUT2D eigenvalue weighted by Crippen LogP contribution is 2.30. The van der Waals surface area contributed by atoms with E-state index in [1.54, 1.807) is 0 Å². The standard InChI is InChI=1S/C21H24BrF3N6O2/c22-15-5-6-17(33-21(23,24)25)14(7-15)11-31-18-16(29-20(31)32)10-28-19(30-18)27-9-13-3-1-12(8-26)2-4-13/h5-7,10,12-13H,1-4,8-9,11,26H2,(H,29,32)(H,27,28,30). The first-order chi connectivity index (χ1) is 15.7. The Morgan fingerprint density at radius 2 is 1.97 bits per heavy atom. The third-order valence-corrected chi connectivity index (χ3v) is 6.43. The molecule has 1 aliphatic carbocycles. The SMILES string of the molecule is NCC1CCC(CNc2ncc3[nH]c(=O)n(Cc4cc(Br)ccc4OC(F)(F)F)c3n2)CC1. The number of alkyl halides is 3. The molecule has 0 atom stereocenters. The summed E-state index contributed by atoms with van der Waals surface area (Å²) in [6.07, 6.45) is 1.01. The summed E-state index contributed by atoms with van der Waals surface area (Å²) >= 11 is 3.25. The fourth-order valence-corrected chi connectivity index (χ4v) is 4.56. The van der Waals surface area contributed by atoms with Crippen molar-refractivity contribution >= 4 is 33.0 Å². The third-order valence-electron chi connectivity index (χ3n) is 5.94. The highest BCUT2D eigenvalue weighted by molar-refractivity contribution is 9.10. The monoisotopic (exact) mass is 528 g/mol. The first-order valence-electron chi connectivity index (χ1n) is 10.7. The topological polar surface area (TPSA) is 111 Å². The number of nitrogens with two attached hydrogens (primary N) is 1. The van der Waals surface area contributed by atoms with Crippen LogP contribution >= 0.6 is 15.9 Å². The maximum Gasteiger partial charge on any atom is 0.573 e. The van der Waals surface area contributed by atoms with Gasteiger partial charge in [0.25, 0.3) is 0 Å². The minimum atomic E-state index is -4.85. The van der Waals surface area contributed by atoms with Crippen LogP contribution in [0.4, 0.5) is 19.1 Å². The summed E-state index contributed by atoms with van der Waals surface area (Å²) in [5.74, 6) is 1.06. The molecule has 178 valence electrons. The first kappa shape index (κ1) is 23.6. The van der Waals surface area contributed by atoms with Gasteiger partial charge in [-0.25, -0.2) is 9.78 Å². The molecule has 0 amide bonds. The van der Waals surface area contributed by atoms with E-state index in [-0.39, 0.29) is 17.9 Å². The molecular formula is C21H24BrF3N6O2. The van der Waals surface area contributed by atoms with E-state index in [9.17, 15) is 18.0 Å². The molecule has 0 saturated heterocycles. The number of imidazole rings is 1. The van der Waals surface area contributed by atoms with E-state index in [2.05, 4.69) is 40.9 Å². The summed E-state index contributed by atoms with van der Waals surface area (Å²) in [6, 6.07) is 4.12. The number of nitrogens with zero attached hydrogens (tertiary/aromatic N) is 3. The Morgan fingerprint density at radius 3 is 2.67 bits per heavy atom. The molecule has 8 nitrogen and oxygen atoms in total. The van der Waals surface area contributed by atoms with Crippen molar-refractivity contribution < 1.29 is 17.9 Å². The van der Waals surface area contributed by atoms with Crippen molar-refractivity contribution in [3.8, 4) is 5.75 Å². The molecule has 1 aromatic carbocycles. The minimum absolute atomic E-state index is 0.163. The van der Waals surface area contributed by atoms with Crippen LogP contribution in [-0.2, 0) is 6.54 Å². The van der Waals surface area contributed by atoms with Crippen LogP contribution in [0.25, 0.3) is 11.2 Å². The quantitative estimate of drug-likeness (QED) is 0.427. The predicted molar refractivity (Wildman–Crippen MR) is 121 cm³/mol. The van der Waals surface area contributed by atoms with E-state index in [4.69, 9.17) is 5.73 Å². The molecule has 0 radical (unpaired) electrons. The Bertz CT molecular complexity index is 1170. The highest BCUT2D eigenvalue weighted by Gasteiger charge is 2.32. The maximum absolute atomic E-state index is 12.8. The van der Waals surface area contributed by atoms with Gasteiger partial charge in [0, 0.05) is 16.6 Å². The smallest absolute Gasteiger partial charge is 0.405 e. The van der Waals surface area contributed by atoms with E-state index in [1.165, 1.54) is 29.0 Å². The number of hydrogen-bond acceptors (Lipinski definition) is 6. The van der Waals surface area contributed by atoms with Crippen LogP contribution in [0.15, 0.2) is 33.7 Å². The summed E-state index contributed by atoms with van der Waals surface area (Å²) in [5.41, 5.74) is 6.11. The van der Waals surface area contributed by atoms with Gasteiger partial charge in [-0.1, -0.05) is 15.9 Å². The highest BCUT2D eigenvalue weighted by atomic mass is 79.9. The number of H-pyrrole nitrogens is 1. The molecule has 2 aromatic heterocycles. The molecule has 1 aliphatic rings. The summed E-state index contributed by atoms with van der Waals surface area (Å²) < 4.78 is 44.4. The van der Waals surface area contributed by atoms with Crippen LogP contribution in [-0.4, -0.2) is 39.0 Å². The lowest BCUT2D eigenvalue weighted by molar-refractivity contribution is -0.274. The van der Waals surface area contributed by atoms with Crippen LogP contribution in [0, 0.1) is 11.8 Å². The Balaban J connectivity index is 1.55. The number of aromatic amines is 1. The van der Waals surface area contributed by atoms with Crippen LogP contribution in [0.2, 0.25) is 0 Å². The second-order valence-electron chi connectivity index (χ2n) is 8.25. The molecule has 4 rings (SSSR count). The van der Waals surface area contributed by atoms with E-state index in [0.717, 1.165) is 32.2 Å². The van der Waals surface area contributed by atoms with Crippen molar-refractivity contribution in [3.05, 3.63) is 44.9 Å². The van der Waals surface area contributed by atoms with Gasteiger partial charge in [0.05, 0.1) is 12.7 Å². The zero-order valence-electron chi connectivity index (χ0n) is 17.7. The van der Waals surface area contributed by atoms with Crippen LogP contribution in [0.1, 0.15) is 31.2 Å². The van der Waals surface area contributed by atoms with Crippen LogP contribution in [0.5, 0.6) is 5.75 Å². The summed E-state index contributed by atoms with van der Waals surface area (Å²) in [4.78, 5) is 23.9. The molecule has 0 spiro atoms. The Kier molecular flexibility index (Phi) is 6.94. The number of ether oxygens (including phenoxy) is 1. The molecule has 4 N–H and O–H groups in total. The number of anilines is 1. The van der Waals surface area contributed by atoms with Gasteiger partial charge in [-0.15, -0.1) is 13.2 Å². The van der Waals surface area contributed by atoms with Gasteiger partial charge in [-0.3, -0.25) is 4.57 Å². The van der Waals surface area contributed by atoms with E-state index >= 15 is 0 Å². The number of fused-ring (bicyclic) bond motifs is 1.